The molecular weight excluding hydrogens is 347 g/mol. The lowest BCUT2D eigenvalue weighted by Crippen LogP contribution is -2.29. The van der Waals surface area contributed by atoms with E-state index in [2.05, 4.69) is 5.32 Å². The Hall–Kier alpha value is -3.03. The van der Waals surface area contributed by atoms with Crippen molar-refractivity contribution in [3.05, 3.63) is 64.3 Å². The van der Waals surface area contributed by atoms with Crippen LogP contribution in [0.2, 0.25) is 0 Å². The predicted octanol–water partition coefficient (Wildman–Crippen LogP) is 3.27. The van der Waals surface area contributed by atoms with Crippen LogP contribution in [0.4, 0.5) is 18.9 Å². The fraction of sp³-hybridized carbons (Fsp3) is 0.222. The number of anilines is 1. The second kappa shape index (κ2) is 7.07. The summed E-state index contributed by atoms with van der Waals surface area (Å²) in [5.74, 6) is -5.23. The average molecular weight is 363 g/mol. The van der Waals surface area contributed by atoms with E-state index in [0.29, 0.717) is 23.6 Å². The molecule has 0 unspecified atom stereocenters. The molecule has 0 aliphatic heterocycles. The Labute approximate surface area is 146 Å². The largest absolute Gasteiger partial charge is 0.329 e. The number of halogens is 3. The van der Waals surface area contributed by atoms with Gasteiger partial charge in [-0.1, -0.05) is 19.1 Å². The first-order valence-corrected chi connectivity index (χ1v) is 8.05. The van der Waals surface area contributed by atoms with Crippen molar-refractivity contribution < 1.29 is 18.0 Å². The van der Waals surface area contributed by atoms with Gasteiger partial charge in [-0.25, -0.2) is 18.0 Å². The van der Waals surface area contributed by atoms with E-state index in [-0.39, 0.29) is 12.2 Å². The van der Waals surface area contributed by atoms with Crippen molar-refractivity contribution in [3.8, 4) is 0 Å². The van der Waals surface area contributed by atoms with Crippen molar-refractivity contribution in [1.29, 1.82) is 0 Å². The van der Waals surface area contributed by atoms with E-state index in [1.54, 1.807) is 28.8 Å². The Morgan fingerprint density at radius 2 is 1.65 bits per heavy atom. The molecule has 0 saturated heterocycles. The van der Waals surface area contributed by atoms with E-state index in [4.69, 9.17) is 0 Å². The minimum absolute atomic E-state index is 0.367. The van der Waals surface area contributed by atoms with Crippen LogP contribution < -0.4 is 11.0 Å². The lowest BCUT2D eigenvalue weighted by Gasteiger charge is -2.08. The highest BCUT2D eigenvalue weighted by molar-refractivity contribution is 5.91. The molecular formula is C18H16F3N3O2. The Balaban J connectivity index is 1.92. The minimum Gasteiger partial charge on any atom is -0.322 e. The molecule has 1 heterocycles. The van der Waals surface area contributed by atoms with Crippen LogP contribution in [0.3, 0.4) is 0 Å². The number of para-hydroxylation sites is 2. The molecule has 0 saturated carbocycles. The third-order valence-corrected chi connectivity index (χ3v) is 3.98. The molecule has 26 heavy (non-hydrogen) atoms. The first-order chi connectivity index (χ1) is 12.4. The summed E-state index contributed by atoms with van der Waals surface area (Å²) in [6.07, 6.45) is 0.736. The lowest BCUT2D eigenvalue weighted by molar-refractivity contribution is -0.116. The molecule has 0 bridgehead atoms. The van der Waals surface area contributed by atoms with Crippen LogP contribution in [-0.2, 0) is 17.9 Å². The number of carbonyl (C=O) groups is 1. The highest BCUT2D eigenvalue weighted by Crippen LogP contribution is 2.20. The summed E-state index contributed by atoms with van der Waals surface area (Å²) in [6.45, 7) is 2.04. The van der Waals surface area contributed by atoms with Gasteiger partial charge >= 0.3 is 5.69 Å². The van der Waals surface area contributed by atoms with Crippen molar-refractivity contribution in [2.24, 2.45) is 0 Å². The summed E-state index contributed by atoms with van der Waals surface area (Å²) in [6, 6.07) is 8.64. The SMILES string of the molecule is CCCn1c(=O)n(CC(=O)Nc2ccc(F)c(F)c2F)c2ccccc21. The Morgan fingerprint density at radius 3 is 2.31 bits per heavy atom. The number of carbonyl (C=O) groups excluding carboxylic acids is 1. The molecule has 0 aliphatic rings. The van der Waals surface area contributed by atoms with E-state index in [1.807, 2.05) is 6.92 Å². The molecule has 5 nitrogen and oxygen atoms in total. The van der Waals surface area contributed by atoms with Crippen LogP contribution in [0.25, 0.3) is 11.0 Å². The van der Waals surface area contributed by atoms with Gasteiger partial charge in [0.05, 0.1) is 16.7 Å². The van der Waals surface area contributed by atoms with Crippen LogP contribution in [0.5, 0.6) is 0 Å². The van der Waals surface area contributed by atoms with E-state index in [9.17, 15) is 22.8 Å². The van der Waals surface area contributed by atoms with Gasteiger partial charge in [0.1, 0.15) is 6.54 Å². The van der Waals surface area contributed by atoms with Crippen LogP contribution in [0.1, 0.15) is 13.3 Å². The second-order valence-corrected chi connectivity index (χ2v) is 5.78. The molecule has 8 heteroatoms. The summed E-state index contributed by atoms with van der Waals surface area (Å²) < 4.78 is 42.8. The minimum atomic E-state index is -1.67. The number of hydrogen-bond donors (Lipinski definition) is 1. The Kier molecular flexibility index (Phi) is 4.83. The maximum absolute atomic E-state index is 13.7. The van der Waals surface area contributed by atoms with Gasteiger partial charge in [-0.3, -0.25) is 13.9 Å². The quantitative estimate of drug-likeness (QED) is 0.708. The zero-order valence-corrected chi connectivity index (χ0v) is 13.9. The molecule has 3 rings (SSSR count). The summed E-state index contributed by atoms with van der Waals surface area (Å²) in [5, 5.41) is 2.17. The van der Waals surface area contributed by atoms with Crippen LogP contribution in [0.15, 0.2) is 41.2 Å². The normalized spacial score (nSPS) is 11.1. The molecule has 1 aromatic heterocycles. The topological polar surface area (TPSA) is 56.0 Å². The van der Waals surface area contributed by atoms with E-state index in [0.717, 1.165) is 12.5 Å². The zero-order valence-electron chi connectivity index (χ0n) is 13.9. The molecule has 1 N–H and O–H groups in total. The van der Waals surface area contributed by atoms with E-state index < -0.39 is 29.0 Å². The van der Waals surface area contributed by atoms with Gasteiger partial charge in [0, 0.05) is 6.54 Å². The number of rotatable bonds is 5. The first-order valence-electron chi connectivity index (χ1n) is 8.05. The third-order valence-electron chi connectivity index (χ3n) is 3.98. The van der Waals surface area contributed by atoms with E-state index >= 15 is 0 Å². The first kappa shape index (κ1) is 17.8. The maximum atomic E-state index is 13.7. The van der Waals surface area contributed by atoms with Crippen molar-refractivity contribution in [3.63, 3.8) is 0 Å². The number of nitrogens with one attached hydrogen (secondary N) is 1. The second-order valence-electron chi connectivity index (χ2n) is 5.78. The van der Waals surface area contributed by atoms with E-state index in [1.165, 1.54) is 4.57 Å². The number of amides is 1. The number of aryl methyl sites for hydroxylation is 1. The maximum Gasteiger partial charge on any atom is 0.329 e. The van der Waals surface area contributed by atoms with Crippen LogP contribution >= 0.6 is 0 Å². The number of benzene rings is 2. The van der Waals surface area contributed by atoms with Gasteiger partial charge < -0.3 is 5.32 Å². The molecule has 0 atom stereocenters. The molecule has 0 radical (unpaired) electrons. The summed E-state index contributed by atoms with van der Waals surface area (Å²) in [4.78, 5) is 24.8. The number of nitrogens with zero attached hydrogens (tertiary/aromatic N) is 2. The van der Waals surface area contributed by atoms with Gasteiger partial charge in [0.15, 0.2) is 17.5 Å². The van der Waals surface area contributed by atoms with Crippen LogP contribution in [0, 0.1) is 17.5 Å². The number of fused-ring (bicyclic) bond motifs is 1. The highest BCUT2D eigenvalue weighted by atomic mass is 19.2. The van der Waals surface area contributed by atoms with Gasteiger partial charge in [0.25, 0.3) is 0 Å². The van der Waals surface area contributed by atoms with Gasteiger partial charge in [-0.15, -0.1) is 0 Å². The summed E-state index contributed by atoms with van der Waals surface area (Å²) >= 11 is 0. The molecule has 2 aromatic carbocycles. The molecule has 3 aromatic rings. The smallest absolute Gasteiger partial charge is 0.322 e. The Bertz CT molecular complexity index is 1040. The summed E-state index contributed by atoms with van der Waals surface area (Å²) in [5.41, 5.74) is 0.395. The lowest BCUT2D eigenvalue weighted by atomic mass is 10.2. The number of imidazole rings is 1. The van der Waals surface area contributed by atoms with Crippen molar-refractivity contribution in [2.45, 2.75) is 26.4 Å². The third kappa shape index (κ3) is 3.10. The van der Waals surface area contributed by atoms with Gasteiger partial charge in [0.2, 0.25) is 5.91 Å². The molecule has 136 valence electrons. The van der Waals surface area contributed by atoms with Gasteiger partial charge in [-0.2, -0.15) is 0 Å². The summed E-state index contributed by atoms with van der Waals surface area (Å²) in [7, 11) is 0. The molecule has 0 fully saturated rings. The highest BCUT2D eigenvalue weighted by Gasteiger charge is 2.18. The number of aromatic nitrogens is 2. The van der Waals surface area contributed by atoms with Crippen molar-refractivity contribution in [2.75, 3.05) is 5.32 Å². The Morgan fingerprint density at radius 1 is 1.00 bits per heavy atom. The zero-order chi connectivity index (χ0) is 18.8. The fourth-order valence-electron chi connectivity index (χ4n) is 2.82. The molecule has 0 aliphatic carbocycles. The predicted molar refractivity (Wildman–Crippen MR) is 91.4 cm³/mol. The number of hydrogen-bond acceptors (Lipinski definition) is 2. The molecule has 1 amide bonds. The van der Waals surface area contributed by atoms with Crippen LogP contribution in [-0.4, -0.2) is 15.0 Å². The monoisotopic (exact) mass is 363 g/mol. The molecule has 0 spiro atoms. The average Bonchev–Trinajstić information content (AvgIpc) is 2.88. The van der Waals surface area contributed by atoms with Crippen molar-refractivity contribution in [1.82, 2.24) is 9.13 Å². The standard InChI is InChI=1S/C18H16F3N3O2/c1-2-9-23-13-5-3-4-6-14(13)24(18(23)26)10-15(25)22-12-8-7-11(19)16(20)17(12)21/h3-8H,2,9-10H2,1H3,(H,22,25). The van der Waals surface area contributed by atoms with Gasteiger partial charge in [-0.05, 0) is 30.7 Å². The fourth-order valence-corrected chi connectivity index (χ4v) is 2.82. The van der Waals surface area contributed by atoms with Crippen molar-refractivity contribution >= 4 is 22.6 Å².